The van der Waals surface area contributed by atoms with Crippen LogP contribution in [-0.4, -0.2) is 25.9 Å². The molecule has 30 heavy (non-hydrogen) atoms. The van der Waals surface area contributed by atoms with Gasteiger partial charge in [0.25, 0.3) is 11.8 Å². The van der Waals surface area contributed by atoms with Crippen LogP contribution in [0.15, 0.2) is 65.7 Å². The fourth-order valence-electron chi connectivity index (χ4n) is 3.14. The van der Waals surface area contributed by atoms with E-state index in [2.05, 4.69) is 5.32 Å². The third kappa shape index (κ3) is 3.58. The van der Waals surface area contributed by atoms with E-state index >= 15 is 0 Å². The standard InChI is InChI=1S/C22H17ClFN3O2S/c1-26(2)14-7-5-13(6-8-14)25-20-19(18-4-3-11-30-18)21(28)27(22(20)29)15-9-10-17(24)16(23)12-15/h3-12,25H,1-2H3. The molecule has 1 aromatic heterocycles. The van der Waals surface area contributed by atoms with Crippen LogP contribution in [-0.2, 0) is 9.59 Å². The summed E-state index contributed by atoms with van der Waals surface area (Å²) in [7, 11) is 3.87. The molecule has 0 bridgehead atoms. The highest BCUT2D eigenvalue weighted by molar-refractivity contribution is 7.11. The quantitative estimate of drug-likeness (QED) is 0.566. The summed E-state index contributed by atoms with van der Waals surface area (Å²) in [6, 6.07) is 14.8. The van der Waals surface area contributed by atoms with Crippen molar-refractivity contribution in [3.63, 3.8) is 0 Å². The normalized spacial score (nSPS) is 13.9. The predicted octanol–water partition coefficient (Wildman–Crippen LogP) is 5.00. The second-order valence-corrected chi connectivity index (χ2v) is 8.19. The topological polar surface area (TPSA) is 52.7 Å². The third-order valence-corrected chi connectivity index (χ3v) is 5.84. The van der Waals surface area contributed by atoms with Gasteiger partial charge in [-0.25, -0.2) is 9.29 Å². The van der Waals surface area contributed by atoms with E-state index in [1.165, 1.54) is 23.5 Å². The number of anilines is 3. The van der Waals surface area contributed by atoms with E-state index in [0.717, 1.165) is 16.7 Å². The van der Waals surface area contributed by atoms with Crippen molar-refractivity contribution in [2.24, 2.45) is 0 Å². The van der Waals surface area contributed by atoms with E-state index in [9.17, 15) is 14.0 Å². The van der Waals surface area contributed by atoms with Gasteiger partial charge in [0.15, 0.2) is 0 Å². The molecular formula is C22H17ClFN3O2S. The first-order chi connectivity index (χ1) is 14.4. The van der Waals surface area contributed by atoms with Gasteiger partial charge >= 0.3 is 0 Å². The Kier molecular flexibility index (Phi) is 5.32. The zero-order valence-corrected chi connectivity index (χ0v) is 17.7. The largest absolute Gasteiger partial charge is 0.378 e. The number of carbonyl (C=O) groups excluding carboxylic acids is 2. The van der Waals surface area contributed by atoms with E-state index in [-0.39, 0.29) is 22.0 Å². The molecule has 8 heteroatoms. The number of carbonyl (C=O) groups is 2. The van der Waals surface area contributed by atoms with E-state index in [1.807, 2.05) is 54.7 Å². The maximum atomic E-state index is 13.6. The van der Waals surface area contributed by atoms with Crippen LogP contribution in [0.3, 0.4) is 0 Å². The van der Waals surface area contributed by atoms with Gasteiger partial charge in [0.2, 0.25) is 0 Å². The van der Waals surface area contributed by atoms with Crippen LogP contribution in [0.2, 0.25) is 5.02 Å². The number of hydrogen-bond donors (Lipinski definition) is 1. The van der Waals surface area contributed by atoms with Gasteiger partial charge in [0, 0.05) is 30.3 Å². The molecule has 0 unspecified atom stereocenters. The minimum atomic E-state index is -0.620. The fourth-order valence-corrected chi connectivity index (χ4v) is 4.08. The molecular weight excluding hydrogens is 425 g/mol. The van der Waals surface area contributed by atoms with Crippen molar-refractivity contribution in [3.8, 4) is 0 Å². The number of nitrogens with zero attached hydrogens (tertiary/aromatic N) is 2. The minimum absolute atomic E-state index is 0.161. The zero-order chi connectivity index (χ0) is 21.4. The third-order valence-electron chi connectivity index (χ3n) is 4.67. The van der Waals surface area contributed by atoms with E-state index in [1.54, 1.807) is 6.07 Å². The second-order valence-electron chi connectivity index (χ2n) is 6.84. The number of amides is 2. The summed E-state index contributed by atoms with van der Waals surface area (Å²) in [4.78, 5) is 30.1. The first kappa shape index (κ1) is 20.1. The Balaban J connectivity index is 1.75. The Morgan fingerprint density at radius 1 is 1.03 bits per heavy atom. The first-order valence-electron chi connectivity index (χ1n) is 9.03. The molecule has 2 heterocycles. The van der Waals surface area contributed by atoms with Crippen molar-refractivity contribution in [1.29, 1.82) is 0 Å². The Hall–Kier alpha value is -3.16. The molecule has 2 amide bonds. The van der Waals surface area contributed by atoms with Crippen LogP contribution in [0.1, 0.15) is 4.88 Å². The maximum absolute atomic E-state index is 13.6. The van der Waals surface area contributed by atoms with Crippen LogP contribution in [0.25, 0.3) is 5.57 Å². The average molecular weight is 442 g/mol. The number of halogens is 2. The van der Waals surface area contributed by atoms with E-state index < -0.39 is 17.6 Å². The lowest BCUT2D eigenvalue weighted by atomic mass is 10.1. The van der Waals surface area contributed by atoms with Gasteiger partial charge in [0.1, 0.15) is 11.5 Å². The maximum Gasteiger partial charge on any atom is 0.282 e. The molecule has 0 radical (unpaired) electrons. The number of thiophene rings is 1. The highest BCUT2D eigenvalue weighted by Gasteiger charge is 2.40. The van der Waals surface area contributed by atoms with Gasteiger partial charge in [-0.15, -0.1) is 11.3 Å². The number of rotatable bonds is 5. The Morgan fingerprint density at radius 3 is 2.37 bits per heavy atom. The molecule has 0 saturated heterocycles. The van der Waals surface area contributed by atoms with Crippen molar-refractivity contribution in [3.05, 3.63) is 81.4 Å². The number of benzene rings is 2. The molecule has 5 nitrogen and oxygen atoms in total. The fraction of sp³-hybridized carbons (Fsp3) is 0.0909. The summed E-state index contributed by atoms with van der Waals surface area (Å²) in [5, 5.41) is 4.77. The average Bonchev–Trinajstić information content (AvgIpc) is 3.32. The van der Waals surface area contributed by atoms with Crippen LogP contribution in [0.4, 0.5) is 21.5 Å². The molecule has 152 valence electrons. The van der Waals surface area contributed by atoms with E-state index in [4.69, 9.17) is 11.6 Å². The molecule has 0 aliphatic carbocycles. The van der Waals surface area contributed by atoms with Gasteiger partial charge < -0.3 is 10.2 Å². The summed E-state index contributed by atoms with van der Waals surface area (Å²) in [5.41, 5.74) is 2.33. The summed E-state index contributed by atoms with van der Waals surface area (Å²) >= 11 is 7.23. The molecule has 0 spiro atoms. The molecule has 0 atom stereocenters. The SMILES string of the molecule is CN(C)c1ccc(NC2=C(c3cccs3)C(=O)N(c3ccc(F)c(Cl)c3)C2=O)cc1. The van der Waals surface area contributed by atoms with Gasteiger partial charge in [0.05, 0.1) is 16.3 Å². The predicted molar refractivity (Wildman–Crippen MR) is 120 cm³/mol. The summed E-state index contributed by atoms with van der Waals surface area (Å²) in [6.07, 6.45) is 0. The molecule has 1 aliphatic rings. The number of imide groups is 1. The lowest BCUT2D eigenvalue weighted by Gasteiger charge is -2.16. The zero-order valence-electron chi connectivity index (χ0n) is 16.1. The van der Waals surface area contributed by atoms with Gasteiger partial charge in [-0.1, -0.05) is 17.7 Å². The van der Waals surface area contributed by atoms with Crippen molar-refractivity contribution < 1.29 is 14.0 Å². The molecule has 2 aromatic carbocycles. The lowest BCUT2D eigenvalue weighted by molar-refractivity contribution is -0.120. The van der Waals surface area contributed by atoms with Crippen molar-refractivity contribution in [2.45, 2.75) is 0 Å². The summed E-state index contributed by atoms with van der Waals surface area (Å²) < 4.78 is 13.6. The van der Waals surface area contributed by atoms with Crippen LogP contribution < -0.4 is 15.1 Å². The molecule has 1 N–H and O–H groups in total. The monoisotopic (exact) mass is 441 g/mol. The van der Waals surface area contributed by atoms with Crippen molar-refractivity contribution in [2.75, 3.05) is 29.2 Å². The minimum Gasteiger partial charge on any atom is -0.378 e. The van der Waals surface area contributed by atoms with Crippen molar-refractivity contribution >= 4 is 57.4 Å². The summed E-state index contributed by atoms with van der Waals surface area (Å²) in [5.74, 6) is -1.63. The van der Waals surface area contributed by atoms with Crippen LogP contribution >= 0.6 is 22.9 Å². The Morgan fingerprint density at radius 2 is 1.77 bits per heavy atom. The van der Waals surface area contributed by atoms with Gasteiger partial charge in [-0.3, -0.25) is 9.59 Å². The van der Waals surface area contributed by atoms with E-state index in [0.29, 0.717) is 10.6 Å². The molecule has 0 fully saturated rings. The molecule has 0 saturated carbocycles. The second kappa shape index (κ2) is 7.93. The molecule has 3 aromatic rings. The Bertz CT molecular complexity index is 1160. The van der Waals surface area contributed by atoms with Crippen molar-refractivity contribution in [1.82, 2.24) is 0 Å². The molecule has 4 rings (SSSR count). The highest BCUT2D eigenvalue weighted by Crippen LogP contribution is 2.36. The Labute approximate surface area is 182 Å². The van der Waals surface area contributed by atoms with Gasteiger partial charge in [-0.05, 0) is 53.9 Å². The van der Waals surface area contributed by atoms with Crippen LogP contribution in [0.5, 0.6) is 0 Å². The highest BCUT2D eigenvalue weighted by atomic mass is 35.5. The lowest BCUT2D eigenvalue weighted by Crippen LogP contribution is -2.32. The summed E-state index contributed by atoms with van der Waals surface area (Å²) in [6.45, 7) is 0. The first-order valence-corrected chi connectivity index (χ1v) is 10.3. The smallest absolute Gasteiger partial charge is 0.282 e. The van der Waals surface area contributed by atoms with Gasteiger partial charge in [-0.2, -0.15) is 0 Å². The molecule has 1 aliphatic heterocycles. The van der Waals surface area contributed by atoms with Crippen LogP contribution in [0, 0.1) is 5.82 Å². The number of nitrogens with one attached hydrogen (secondary N) is 1. The number of hydrogen-bond acceptors (Lipinski definition) is 5.